The van der Waals surface area contributed by atoms with Crippen molar-refractivity contribution in [2.24, 2.45) is 0 Å². The van der Waals surface area contributed by atoms with Crippen LogP contribution < -0.4 is 5.32 Å². The van der Waals surface area contributed by atoms with Crippen molar-refractivity contribution in [2.75, 3.05) is 5.32 Å². The van der Waals surface area contributed by atoms with Gasteiger partial charge in [0.15, 0.2) is 0 Å². The molecular formula is C28H23NO. The molecule has 1 aromatic heterocycles. The van der Waals surface area contributed by atoms with Gasteiger partial charge in [-0.05, 0) is 78.6 Å². The Hall–Kier alpha value is -3.78. The highest BCUT2D eigenvalue weighted by molar-refractivity contribution is 6.06. The molecule has 0 aliphatic rings. The zero-order valence-corrected chi connectivity index (χ0v) is 17.1. The minimum absolute atomic E-state index is 0.926. The number of anilines is 2. The number of furan rings is 1. The number of allylic oxidation sites excluding steroid dienone is 2. The van der Waals surface area contributed by atoms with E-state index in [0.29, 0.717) is 0 Å². The summed E-state index contributed by atoms with van der Waals surface area (Å²) in [5, 5.41) is 5.79. The average molecular weight is 389 g/mol. The van der Waals surface area contributed by atoms with Crippen molar-refractivity contribution in [1.29, 1.82) is 0 Å². The van der Waals surface area contributed by atoms with E-state index in [0.717, 1.165) is 33.3 Å². The fraction of sp³-hybridized carbons (Fsp3) is 0.0714. The Balaban J connectivity index is 1.40. The van der Waals surface area contributed by atoms with E-state index in [2.05, 4.69) is 104 Å². The summed E-state index contributed by atoms with van der Waals surface area (Å²) < 4.78 is 5.95. The number of hydrogen-bond acceptors (Lipinski definition) is 2. The normalized spacial score (nSPS) is 11.9. The molecule has 146 valence electrons. The first-order valence-electron chi connectivity index (χ1n) is 10.2. The van der Waals surface area contributed by atoms with E-state index in [1.165, 1.54) is 22.3 Å². The van der Waals surface area contributed by atoms with Gasteiger partial charge in [-0.25, -0.2) is 0 Å². The van der Waals surface area contributed by atoms with E-state index in [-0.39, 0.29) is 0 Å². The molecule has 2 heteroatoms. The first-order valence-corrected chi connectivity index (χ1v) is 10.2. The maximum absolute atomic E-state index is 5.95. The molecule has 0 radical (unpaired) electrons. The van der Waals surface area contributed by atoms with E-state index >= 15 is 0 Å². The molecule has 0 bridgehead atoms. The van der Waals surface area contributed by atoms with Gasteiger partial charge in [0.1, 0.15) is 11.2 Å². The van der Waals surface area contributed by atoms with Crippen molar-refractivity contribution in [3.63, 3.8) is 0 Å². The van der Waals surface area contributed by atoms with Crippen molar-refractivity contribution in [1.82, 2.24) is 0 Å². The summed E-state index contributed by atoms with van der Waals surface area (Å²) in [6.45, 7) is 4.20. The highest BCUT2D eigenvalue weighted by atomic mass is 16.3. The topological polar surface area (TPSA) is 25.2 Å². The second-order valence-corrected chi connectivity index (χ2v) is 7.56. The van der Waals surface area contributed by atoms with Gasteiger partial charge in [0, 0.05) is 22.1 Å². The summed E-state index contributed by atoms with van der Waals surface area (Å²) in [6, 6.07) is 31.7. The molecule has 0 aliphatic carbocycles. The summed E-state index contributed by atoms with van der Waals surface area (Å²) in [5.74, 6) is 0. The van der Waals surface area contributed by atoms with Crippen molar-refractivity contribution < 1.29 is 4.42 Å². The van der Waals surface area contributed by atoms with Gasteiger partial charge in [-0.1, -0.05) is 54.6 Å². The minimum atomic E-state index is 0.926. The Labute approximate surface area is 176 Å². The van der Waals surface area contributed by atoms with Crippen LogP contribution in [0.5, 0.6) is 0 Å². The molecule has 0 saturated carbocycles. The summed E-state index contributed by atoms with van der Waals surface area (Å²) >= 11 is 0. The van der Waals surface area contributed by atoms with Crippen molar-refractivity contribution in [2.45, 2.75) is 13.8 Å². The molecule has 2 nitrogen and oxygen atoms in total. The molecule has 0 unspecified atom stereocenters. The van der Waals surface area contributed by atoms with Crippen molar-refractivity contribution in [3.05, 3.63) is 103 Å². The maximum atomic E-state index is 5.95. The number of rotatable bonds is 4. The van der Waals surface area contributed by atoms with Crippen molar-refractivity contribution >= 4 is 38.9 Å². The van der Waals surface area contributed by atoms with Gasteiger partial charge in [0.2, 0.25) is 0 Å². The van der Waals surface area contributed by atoms with Crippen LogP contribution in [0.2, 0.25) is 0 Å². The van der Waals surface area contributed by atoms with E-state index < -0.39 is 0 Å². The number of hydrogen-bond donors (Lipinski definition) is 1. The molecule has 1 heterocycles. The van der Waals surface area contributed by atoms with Crippen molar-refractivity contribution in [3.8, 4) is 11.1 Å². The number of nitrogens with one attached hydrogen (secondary N) is 1. The SMILES string of the molecule is C/C=C(\C)c1ccc(Nc2ccc(-c3ccc4oc5ccccc5c4c3)cc2)cc1. The highest BCUT2D eigenvalue weighted by Crippen LogP contribution is 2.32. The van der Waals surface area contributed by atoms with E-state index in [1.807, 2.05) is 12.1 Å². The molecule has 0 fully saturated rings. The van der Waals surface area contributed by atoms with Crippen LogP contribution in [0.15, 0.2) is 101 Å². The Bertz CT molecular complexity index is 1360. The lowest BCUT2D eigenvalue weighted by molar-refractivity contribution is 0.669. The molecule has 0 spiro atoms. The fourth-order valence-corrected chi connectivity index (χ4v) is 3.80. The summed E-state index contributed by atoms with van der Waals surface area (Å²) in [5.41, 5.74) is 8.92. The van der Waals surface area contributed by atoms with Crippen LogP contribution in [0.1, 0.15) is 19.4 Å². The molecule has 30 heavy (non-hydrogen) atoms. The highest BCUT2D eigenvalue weighted by Gasteiger charge is 2.08. The minimum Gasteiger partial charge on any atom is -0.456 e. The zero-order chi connectivity index (χ0) is 20.5. The number of benzene rings is 4. The molecular weight excluding hydrogens is 366 g/mol. The largest absolute Gasteiger partial charge is 0.456 e. The molecule has 0 aliphatic heterocycles. The molecule has 0 saturated heterocycles. The fourth-order valence-electron chi connectivity index (χ4n) is 3.80. The van der Waals surface area contributed by atoms with Crippen LogP contribution in [-0.4, -0.2) is 0 Å². The predicted molar refractivity (Wildman–Crippen MR) is 128 cm³/mol. The molecule has 4 aromatic carbocycles. The van der Waals surface area contributed by atoms with Gasteiger partial charge in [-0.15, -0.1) is 0 Å². The van der Waals surface area contributed by atoms with Crippen LogP contribution in [0, 0.1) is 0 Å². The maximum Gasteiger partial charge on any atom is 0.135 e. The van der Waals surface area contributed by atoms with Gasteiger partial charge in [-0.3, -0.25) is 0 Å². The number of fused-ring (bicyclic) bond motifs is 3. The molecule has 1 N–H and O–H groups in total. The van der Waals surface area contributed by atoms with Crippen LogP contribution >= 0.6 is 0 Å². The molecule has 5 rings (SSSR count). The Morgan fingerprint density at radius 1 is 0.700 bits per heavy atom. The Morgan fingerprint density at radius 3 is 2.07 bits per heavy atom. The molecule has 5 aromatic rings. The molecule has 0 amide bonds. The lowest BCUT2D eigenvalue weighted by Crippen LogP contribution is -1.90. The zero-order valence-electron chi connectivity index (χ0n) is 17.1. The third kappa shape index (κ3) is 3.37. The average Bonchev–Trinajstić information content (AvgIpc) is 3.17. The van der Waals surface area contributed by atoms with Crippen LogP contribution in [0.4, 0.5) is 11.4 Å². The monoisotopic (exact) mass is 389 g/mol. The lowest BCUT2D eigenvalue weighted by atomic mass is 10.0. The second-order valence-electron chi connectivity index (χ2n) is 7.56. The summed E-state index contributed by atoms with van der Waals surface area (Å²) in [6.07, 6.45) is 2.13. The van der Waals surface area contributed by atoms with Gasteiger partial charge < -0.3 is 9.73 Å². The van der Waals surface area contributed by atoms with Gasteiger partial charge >= 0.3 is 0 Å². The van der Waals surface area contributed by atoms with E-state index in [9.17, 15) is 0 Å². The Morgan fingerprint density at radius 2 is 1.33 bits per heavy atom. The van der Waals surface area contributed by atoms with Gasteiger partial charge in [0.05, 0.1) is 0 Å². The van der Waals surface area contributed by atoms with E-state index in [4.69, 9.17) is 4.42 Å². The van der Waals surface area contributed by atoms with Crippen LogP contribution in [0.25, 0.3) is 38.6 Å². The summed E-state index contributed by atoms with van der Waals surface area (Å²) in [4.78, 5) is 0. The third-order valence-electron chi connectivity index (χ3n) is 5.66. The second kappa shape index (κ2) is 7.57. The Kier molecular flexibility index (Phi) is 4.61. The standard InChI is InChI=1S/C28H23NO/c1-3-19(2)20-8-13-23(14-9-20)29-24-15-10-21(11-16-24)22-12-17-28-26(18-22)25-6-4-5-7-27(25)30-28/h3-18,29H,1-2H3/b19-3+. The first-order chi connectivity index (χ1) is 14.7. The van der Waals surface area contributed by atoms with Crippen LogP contribution in [0.3, 0.4) is 0 Å². The predicted octanol–water partition coefficient (Wildman–Crippen LogP) is 8.42. The summed E-state index contributed by atoms with van der Waals surface area (Å²) in [7, 11) is 0. The smallest absolute Gasteiger partial charge is 0.135 e. The first kappa shape index (κ1) is 18.3. The van der Waals surface area contributed by atoms with Crippen LogP contribution in [-0.2, 0) is 0 Å². The van der Waals surface area contributed by atoms with Gasteiger partial charge in [-0.2, -0.15) is 0 Å². The van der Waals surface area contributed by atoms with E-state index in [1.54, 1.807) is 0 Å². The quantitative estimate of drug-likeness (QED) is 0.334. The van der Waals surface area contributed by atoms with Gasteiger partial charge in [0.25, 0.3) is 0 Å². The number of para-hydroxylation sites is 1. The third-order valence-corrected chi connectivity index (χ3v) is 5.66. The molecule has 0 atom stereocenters. The lowest BCUT2D eigenvalue weighted by Gasteiger charge is -2.09.